The van der Waals surface area contributed by atoms with Crippen molar-refractivity contribution in [2.75, 3.05) is 11.3 Å². The molecule has 0 aliphatic carbocycles. The summed E-state index contributed by atoms with van der Waals surface area (Å²) in [6, 6.07) is 14.2. The van der Waals surface area contributed by atoms with Crippen LogP contribution in [0.15, 0.2) is 53.4 Å². The first-order valence-electron chi connectivity index (χ1n) is 8.79. The number of para-hydroxylation sites is 1. The summed E-state index contributed by atoms with van der Waals surface area (Å²) in [4.78, 5) is 8.75. The lowest BCUT2D eigenvalue weighted by atomic mass is 10.2. The van der Waals surface area contributed by atoms with E-state index in [9.17, 15) is 8.42 Å². The van der Waals surface area contributed by atoms with Gasteiger partial charge in [-0.2, -0.15) is 9.97 Å². The molecule has 1 aliphatic heterocycles. The zero-order valence-corrected chi connectivity index (χ0v) is 16.3. The third-order valence-corrected chi connectivity index (χ3v) is 5.76. The van der Waals surface area contributed by atoms with E-state index in [1.807, 2.05) is 18.2 Å². The number of hydrogen-bond donors (Lipinski definition) is 1. The van der Waals surface area contributed by atoms with E-state index in [0.717, 1.165) is 11.3 Å². The van der Waals surface area contributed by atoms with Crippen LogP contribution in [0.25, 0.3) is 0 Å². The SMILES string of the molecule is Cc1nc(Oc2ccccc2)nc(C)c1NS(=O)(=O)c1ccc2c(c1)CCO2. The van der Waals surface area contributed by atoms with E-state index < -0.39 is 10.0 Å². The third kappa shape index (κ3) is 3.63. The highest BCUT2D eigenvalue weighted by molar-refractivity contribution is 7.92. The molecule has 1 N–H and O–H groups in total. The Morgan fingerprint density at radius 3 is 2.46 bits per heavy atom. The second kappa shape index (κ2) is 7.12. The summed E-state index contributed by atoms with van der Waals surface area (Å²) in [7, 11) is -3.78. The van der Waals surface area contributed by atoms with Crippen molar-refractivity contribution in [1.82, 2.24) is 9.97 Å². The number of ether oxygens (including phenoxy) is 2. The first-order chi connectivity index (χ1) is 13.4. The number of nitrogens with one attached hydrogen (secondary N) is 1. The number of aryl methyl sites for hydroxylation is 2. The highest BCUT2D eigenvalue weighted by atomic mass is 32.2. The quantitative estimate of drug-likeness (QED) is 0.707. The smallest absolute Gasteiger partial charge is 0.322 e. The van der Waals surface area contributed by atoms with Crippen molar-refractivity contribution in [3.8, 4) is 17.5 Å². The molecule has 0 fully saturated rings. The predicted octanol–water partition coefficient (Wildman–Crippen LogP) is 3.62. The van der Waals surface area contributed by atoms with E-state index in [4.69, 9.17) is 9.47 Å². The second-order valence-corrected chi connectivity index (χ2v) is 8.12. The molecular formula is C20H19N3O4S. The fourth-order valence-corrected chi connectivity index (χ4v) is 4.22. The Labute approximate surface area is 163 Å². The van der Waals surface area contributed by atoms with Crippen LogP contribution in [0.3, 0.4) is 0 Å². The Hall–Kier alpha value is -3.13. The molecule has 7 nitrogen and oxygen atoms in total. The Bertz CT molecular complexity index is 1110. The minimum atomic E-state index is -3.78. The minimum Gasteiger partial charge on any atom is -0.493 e. The molecular weight excluding hydrogens is 378 g/mol. The molecule has 0 bridgehead atoms. The number of anilines is 1. The van der Waals surface area contributed by atoms with Crippen LogP contribution >= 0.6 is 0 Å². The summed E-state index contributed by atoms with van der Waals surface area (Å²) in [5.74, 6) is 1.34. The largest absolute Gasteiger partial charge is 0.493 e. The summed E-state index contributed by atoms with van der Waals surface area (Å²) in [6.45, 7) is 3.99. The third-order valence-electron chi connectivity index (χ3n) is 4.41. The van der Waals surface area contributed by atoms with Gasteiger partial charge in [0.2, 0.25) is 0 Å². The maximum Gasteiger partial charge on any atom is 0.322 e. The Morgan fingerprint density at radius 1 is 1.04 bits per heavy atom. The summed E-state index contributed by atoms with van der Waals surface area (Å²) in [6.07, 6.45) is 0.700. The average Bonchev–Trinajstić information content (AvgIpc) is 3.13. The molecule has 4 rings (SSSR count). The molecule has 1 aromatic heterocycles. The average molecular weight is 397 g/mol. The lowest BCUT2D eigenvalue weighted by molar-refractivity contribution is 0.356. The van der Waals surface area contributed by atoms with Crippen LogP contribution in [0.4, 0.5) is 5.69 Å². The Balaban J connectivity index is 1.60. The van der Waals surface area contributed by atoms with Crippen molar-refractivity contribution in [3.63, 3.8) is 0 Å². The van der Waals surface area contributed by atoms with Crippen LogP contribution in [0.1, 0.15) is 17.0 Å². The van der Waals surface area contributed by atoms with Gasteiger partial charge < -0.3 is 9.47 Å². The van der Waals surface area contributed by atoms with Gasteiger partial charge in [-0.1, -0.05) is 18.2 Å². The molecule has 0 spiro atoms. The lowest BCUT2D eigenvalue weighted by Gasteiger charge is -2.14. The molecule has 0 saturated heterocycles. The van der Waals surface area contributed by atoms with Crippen LogP contribution in [-0.4, -0.2) is 25.0 Å². The molecule has 0 atom stereocenters. The summed E-state index contributed by atoms with van der Waals surface area (Å²) < 4.78 is 39.4. The van der Waals surface area contributed by atoms with Gasteiger partial charge in [-0.05, 0) is 49.7 Å². The van der Waals surface area contributed by atoms with Gasteiger partial charge in [0.25, 0.3) is 10.0 Å². The van der Waals surface area contributed by atoms with Crippen LogP contribution < -0.4 is 14.2 Å². The molecule has 0 radical (unpaired) electrons. The first-order valence-corrected chi connectivity index (χ1v) is 10.3. The van der Waals surface area contributed by atoms with Gasteiger partial charge in [-0.25, -0.2) is 8.42 Å². The van der Waals surface area contributed by atoms with Crippen LogP contribution in [-0.2, 0) is 16.4 Å². The molecule has 0 amide bonds. The van der Waals surface area contributed by atoms with E-state index >= 15 is 0 Å². The molecule has 1 aliphatic rings. The standard InChI is InChI=1S/C20H19N3O4S/c1-13-19(14(2)22-20(21-13)27-16-6-4-3-5-7-16)23-28(24,25)17-8-9-18-15(12-17)10-11-26-18/h3-9,12,23H,10-11H2,1-2H3. The number of hydrogen-bond acceptors (Lipinski definition) is 6. The van der Waals surface area contributed by atoms with Gasteiger partial charge in [0.15, 0.2) is 0 Å². The zero-order chi connectivity index (χ0) is 19.7. The molecule has 3 aromatic rings. The van der Waals surface area contributed by atoms with Crippen molar-refractivity contribution >= 4 is 15.7 Å². The normalized spacial score (nSPS) is 12.9. The van der Waals surface area contributed by atoms with Crippen LogP contribution in [0, 0.1) is 13.8 Å². The number of fused-ring (bicyclic) bond motifs is 1. The van der Waals surface area contributed by atoms with E-state index in [2.05, 4.69) is 14.7 Å². The van der Waals surface area contributed by atoms with Crippen molar-refractivity contribution in [2.24, 2.45) is 0 Å². The highest BCUT2D eigenvalue weighted by Gasteiger charge is 2.22. The number of sulfonamides is 1. The van der Waals surface area contributed by atoms with Crippen LogP contribution in [0.2, 0.25) is 0 Å². The predicted molar refractivity (Wildman–Crippen MR) is 104 cm³/mol. The van der Waals surface area contributed by atoms with Crippen molar-refractivity contribution < 1.29 is 17.9 Å². The van der Waals surface area contributed by atoms with Gasteiger partial charge in [-0.3, -0.25) is 4.72 Å². The van der Waals surface area contributed by atoms with Crippen LogP contribution in [0.5, 0.6) is 17.5 Å². The Morgan fingerprint density at radius 2 is 1.75 bits per heavy atom. The number of benzene rings is 2. The maximum absolute atomic E-state index is 12.8. The molecule has 2 aromatic carbocycles. The van der Waals surface area contributed by atoms with E-state index in [1.165, 1.54) is 6.07 Å². The molecule has 8 heteroatoms. The Kier molecular flexibility index (Phi) is 4.64. The van der Waals surface area contributed by atoms with Gasteiger partial charge in [-0.15, -0.1) is 0 Å². The van der Waals surface area contributed by atoms with Gasteiger partial charge >= 0.3 is 6.01 Å². The van der Waals surface area contributed by atoms with Crippen molar-refractivity contribution in [3.05, 3.63) is 65.5 Å². The number of nitrogens with zero attached hydrogens (tertiary/aromatic N) is 2. The van der Waals surface area contributed by atoms with Gasteiger partial charge in [0.05, 0.1) is 28.6 Å². The van der Waals surface area contributed by atoms with E-state index in [0.29, 0.717) is 35.9 Å². The van der Waals surface area contributed by atoms with Crippen molar-refractivity contribution in [1.29, 1.82) is 0 Å². The highest BCUT2D eigenvalue weighted by Crippen LogP contribution is 2.30. The number of aromatic nitrogens is 2. The minimum absolute atomic E-state index is 0.166. The summed E-state index contributed by atoms with van der Waals surface area (Å²) in [5.41, 5.74) is 2.19. The molecule has 144 valence electrons. The van der Waals surface area contributed by atoms with Gasteiger partial charge in [0, 0.05) is 6.42 Å². The monoisotopic (exact) mass is 397 g/mol. The first kappa shape index (κ1) is 18.2. The lowest BCUT2D eigenvalue weighted by Crippen LogP contribution is -2.16. The van der Waals surface area contributed by atoms with Crippen molar-refractivity contribution in [2.45, 2.75) is 25.2 Å². The van der Waals surface area contributed by atoms with E-state index in [-0.39, 0.29) is 10.9 Å². The topological polar surface area (TPSA) is 90.4 Å². The summed E-state index contributed by atoms with van der Waals surface area (Å²) in [5, 5.41) is 0. The zero-order valence-electron chi connectivity index (χ0n) is 15.5. The molecule has 2 heterocycles. The second-order valence-electron chi connectivity index (χ2n) is 6.44. The fourth-order valence-electron chi connectivity index (χ4n) is 3.00. The number of rotatable bonds is 5. The molecule has 0 unspecified atom stereocenters. The summed E-state index contributed by atoms with van der Waals surface area (Å²) >= 11 is 0. The molecule has 0 saturated carbocycles. The maximum atomic E-state index is 12.8. The fraction of sp³-hybridized carbons (Fsp3) is 0.200. The van der Waals surface area contributed by atoms with E-state index in [1.54, 1.807) is 38.1 Å². The molecule has 28 heavy (non-hydrogen) atoms. The van der Waals surface area contributed by atoms with Gasteiger partial charge in [0.1, 0.15) is 11.5 Å².